The number of terminal acetylenes is 1. The number of imidazole rings is 1. The van der Waals surface area contributed by atoms with Gasteiger partial charge in [-0.25, -0.2) is 9.37 Å². The maximum Gasteiger partial charge on any atom is 0.226 e. The van der Waals surface area contributed by atoms with Crippen LogP contribution in [0.3, 0.4) is 0 Å². The Morgan fingerprint density at radius 1 is 1.37 bits per heavy atom. The van der Waals surface area contributed by atoms with E-state index in [0.29, 0.717) is 5.82 Å². The number of likely N-dealkylation sites (tertiary alicyclic amines) is 1. The van der Waals surface area contributed by atoms with E-state index in [1.807, 2.05) is 45.0 Å². The van der Waals surface area contributed by atoms with E-state index in [1.54, 1.807) is 18.0 Å². The largest absolute Gasteiger partial charge is 0.340 e. The summed E-state index contributed by atoms with van der Waals surface area (Å²) in [5.41, 5.74) is 1.16. The van der Waals surface area contributed by atoms with Crippen molar-refractivity contribution >= 4 is 5.91 Å². The lowest BCUT2D eigenvalue weighted by Crippen LogP contribution is -2.38. The van der Waals surface area contributed by atoms with Crippen LogP contribution in [-0.2, 0) is 4.79 Å². The number of benzene rings is 1. The van der Waals surface area contributed by atoms with E-state index < -0.39 is 5.67 Å². The molecule has 1 amide bonds. The van der Waals surface area contributed by atoms with Crippen LogP contribution in [0.1, 0.15) is 51.5 Å². The van der Waals surface area contributed by atoms with Crippen LogP contribution >= 0.6 is 0 Å². The first kappa shape index (κ1) is 19.2. The molecule has 0 radical (unpaired) electrons. The van der Waals surface area contributed by atoms with Gasteiger partial charge in [0.2, 0.25) is 5.91 Å². The number of nitrogens with zero attached hydrogens (tertiary/aromatic N) is 2. The van der Waals surface area contributed by atoms with Crippen molar-refractivity contribution < 1.29 is 9.18 Å². The highest BCUT2D eigenvalue weighted by atomic mass is 19.1. The minimum atomic E-state index is -1.42. The number of rotatable bonds is 4. The molecule has 0 aliphatic carbocycles. The maximum absolute atomic E-state index is 14.8. The summed E-state index contributed by atoms with van der Waals surface area (Å²) in [6, 6.07) is 7.19. The number of hydrogen-bond donors (Lipinski definition) is 1. The lowest BCUT2D eigenvalue weighted by Gasteiger charge is -2.27. The molecule has 1 unspecified atom stereocenters. The molecule has 1 saturated heterocycles. The highest BCUT2D eigenvalue weighted by Crippen LogP contribution is 2.40. The molecule has 1 N–H and O–H groups in total. The molecule has 0 spiro atoms. The van der Waals surface area contributed by atoms with Gasteiger partial charge in [-0.15, -0.1) is 6.42 Å². The minimum Gasteiger partial charge on any atom is -0.340 e. The first-order chi connectivity index (χ1) is 12.7. The fraction of sp³-hybridized carbons (Fsp3) is 0.455. The summed E-state index contributed by atoms with van der Waals surface area (Å²) in [5, 5.41) is 0. The van der Waals surface area contributed by atoms with Gasteiger partial charge in [0.25, 0.3) is 0 Å². The van der Waals surface area contributed by atoms with Gasteiger partial charge >= 0.3 is 0 Å². The Bertz CT molecular complexity index is 860. The zero-order valence-electron chi connectivity index (χ0n) is 16.3. The number of aromatic amines is 1. The van der Waals surface area contributed by atoms with Gasteiger partial charge in [0.15, 0.2) is 0 Å². The second kappa shape index (κ2) is 7.19. The third-order valence-corrected chi connectivity index (χ3v) is 5.44. The minimum absolute atomic E-state index is 0.0206. The molecule has 1 fully saturated rings. The van der Waals surface area contributed by atoms with E-state index in [2.05, 4.69) is 15.9 Å². The van der Waals surface area contributed by atoms with Crippen LogP contribution in [-0.4, -0.2) is 33.0 Å². The monoisotopic (exact) mass is 367 g/mol. The van der Waals surface area contributed by atoms with Crippen molar-refractivity contribution in [3.05, 3.63) is 41.9 Å². The molecule has 3 atom stereocenters. The van der Waals surface area contributed by atoms with Crippen LogP contribution in [0, 0.1) is 24.2 Å². The van der Waals surface area contributed by atoms with Crippen LogP contribution in [0.25, 0.3) is 11.3 Å². The molecule has 142 valence electrons. The Balaban J connectivity index is 1.88. The van der Waals surface area contributed by atoms with Crippen molar-refractivity contribution in [1.82, 2.24) is 14.9 Å². The van der Waals surface area contributed by atoms with Gasteiger partial charge in [-0.3, -0.25) is 4.79 Å². The molecule has 5 heteroatoms. The molecule has 0 saturated carbocycles. The molecule has 4 nitrogen and oxygen atoms in total. The summed E-state index contributed by atoms with van der Waals surface area (Å²) in [6.07, 6.45) is 7.36. The van der Waals surface area contributed by atoms with E-state index in [-0.39, 0.29) is 36.8 Å². The van der Waals surface area contributed by atoms with E-state index in [4.69, 9.17) is 6.42 Å². The molecule has 2 aromatic rings. The van der Waals surface area contributed by atoms with Crippen LogP contribution in [0.5, 0.6) is 0 Å². The highest BCUT2D eigenvalue weighted by Gasteiger charge is 2.46. The SMILES string of the molecule is C#Cc1ccc(-c2cnc([C@@H]3CC(C)(F)CN3C(=O)[C@@H](C)C(C)C)[nH]2)cc1. The summed E-state index contributed by atoms with van der Waals surface area (Å²) >= 11 is 0. The predicted molar refractivity (Wildman–Crippen MR) is 105 cm³/mol. The van der Waals surface area contributed by atoms with Gasteiger partial charge in [0, 0.05) is 17.9 Å². The van der Waals surface area contributed by atoms with Crippen LogP contribution < -0.4 is 0 Å². The standard InChI is InChI=1S/C22H26FN3O/c1-6-16-7-9-17(10-8-16)18-12-24-20(25-18)19-11-22(5,23)13-26(19)21(27)15(4)14(2)3/h1,7-10,12,14-15,19H,11,13H2,2-5H3,(H,24,25)/t15-,19-,22?/m0/s1. The van der Waals surface area contributed by atoms with Crippen LogP contribution in [0.4, 0.5) is 4.39 Å². The number of hydrogen-bond acceptors (Lipinski definition) is 2. The topological polar surface area (TPSA) is 49.0 Å². The predicted octanol–water partition coefficient (Wildman–Crippen LogP) is 4.35. The third-order valence-electron chi connectivity index (χ3n) is 5.44. The van der Waals surface area contributed by atoms with Gasteiger partial charge in [-0.2, -0.15) is 0 Å². The second-order valence-electron chi connectivity index (χ2n) is 8.04. The summed E-state index contributed by atoms with van der Waals surface area (Å²) in [5.74, 6) is 3.23. The zero-order chi connectivity index (χ0) is 19.8. The summed E-state index contributed by atoms with van der Waals surface area (Å²) in [6.45, 7) is 7.56. The molecule has 1 aliphatic heterocycles. The number of carbonyl (C=O) groups is 1. The van der Waals surface area contributed by atoms with Gasteiger partial charge in [0.1, 0.15) is 11.5 Å². The first-order valence-electron chi connectivity index (χ1n) is 9.33. The highest BCUT2D eigenvalue weighted by molar-refractivity contribution is 5.79. The second-order valence-corrected chi connectivity index (χ2v) is 8.04. The Hall–Kier alpha value is -2.61. The molecular weight excluding hydrogens is 341 g/mol. The van der Waals surface area contributed by atoms with Crippen molar-refractivity contribution in [1.29, 1.82) is 0 Å². The fourth-order valence-electron chi connectivity index (χ4n) is 3.46. The molecule has 27 heavy (non-hydrogen) atoms. The number of nitrogens with one attached hydrogen (secondary N) is 1. The molecular formula is C22H26FN3O. The molecule has 3 rings (SSSR count). The molecule has 2 heterocycles. The van der Waals surface area contributed by atoms with E-state index in [0.717, 1.165) is 16.8 Å². The molecule has 1 aliphatic rings. The molecule has 1 aromatic heterocycles. The average Bonchev–Trinajstić information content (AvgIpc) is 3.24. The lowest BCUT2D eigenvalue weighted by atomic mass is 9.96. The smallest absolute Gasteiger partial charge is 0.226 e. The number of amides is 1. The Morgan fingerprint density at radius 2 is 2.04 bits per heavy atom. The average molecular weight is 367 g/mol. The Labute approximate surface area is 160 Å². The fourth-order valence-corrected chi connectivity index (χ4v) is 3.46. The Kier molecular flexibility index (Phi) is 5.10. The normalized spacial score (nSPS) is 23.4. The van der Waals surface area contributed by atoms with E-state index in [1.165, 1.54) is 0 Å². The number of carbonyl (C=O) groups excluding carboxylic acids is 1. The molecule has 0 bridgehead atoms. The third kappa shape index (κ3) is 3.90. The van der Waals surface area contributed by atoms with Gasteiger partial charge in [-0.1, -0.05) is 38.8 Å². The summed E-state index contributed by atoms with van der Waals surface area (Å²) in [4.78, 5) is 22.3. The Morgan fingerprint density at radius 3 is 2.63 bits per heavy atom. The summed E-state index contributed by atoms with van der Waals surface area (Å²) in [7, 11) is 0. The van der Waals surface area contributed by atoms with Crippen molar-refractivity contribution in [2.24, 2.45) is 11.8 Å². The summed E-state index contributed by atoms with van der Waals surface area (Å²) < 4.78 is 14.8. The number of aromatic nitrogens is 2. The first-order valence-corrected chi connectivity index (χ1v) is 9.33. The molecule has 1 aromatic carbocycles. The van der Waals surface area contributed by atoms with Gasteiger partial charge < -0.3 is 9.88 Å². The van der Waals surface area contributed by atoms with Crippen molar-refractivity contribution in [2.75, 3.05) is 6.54 Å². The zero-order valence-corrected chi connectivity index (χ0v) is 16.3. The number of H-pyrrole nitrogens is 1. The maximum atomic E-state index is 14.8. The van der Waals surface area contributed by atoms with Crippen molar-refractivity contribution in [2.45, 2.75) is 45.8 Å². The lowest BCUT2D eigenvalue weighted by molar-refractivity contribution is -0.137. The van der Waals surface area contributed by atoms with Gasteiger partial charge in [0.05, 0.1) is 24.5 Å². The van der Waals surface area contributed by atoms with Crippen LogP contribution in [0.15, 0.2) is 30.5 Å². The van der Waals surface area contributed by atoms with Crippen molar-refractivity contribution in [3.8, 4) is 23.6 Å². The van der Waals surface area contributed by atoms with Crippen molar-refractivity contribution in [3.63, 3.8) is 0 Å². The van der Waals surface area contributed by atoms with Gasteiger partial charge in [-0.05, 0) is 30.5 Å². The van der Waals surface area contributed by atoms with E-state index >= 15 is 0 Å². The van der Waals surface area contributed by atoms with E-state index in [9.17, 15) is 9.18 Å². The van der Waals surface area contributed by atoms with Crippen LogP contribution in [0.2, 0.25) is 0 Å². The quantitative estimate of drug-likeness (QED) is 0.817. The number of alkyl halides is 1. The number of halogens is 1.